The van der Waals surface area contributed by atoms with Gasteiger partial charge in [-0.1, -0.05) is 59.2 Å². The number of rotatable bonds is 3. The van der Waals surface area contributed by atoms with Crippen LogP contribution in [0.2, 0.25) is 5.02 Å². The zero-order valence-electron chi connectivity index (χ0n) is 10.5. The summed E-state index contributed by atoms with van der Waals surface area (Å²) in [6.45, 7) is 0. The van der Waals surface area contributed by atoms with E-state index < -0.39 is 6.04 Å². The summed E-state index contributed by atoms with van der Waals surface area (Å²) >= 11 is 6.11. The highest BCUT2D eigenvalue weighted by Crippen LogP contribution is 2.26. The third-order valence-corrected chi connectivity index (χ3v) is 3.31. The lowest BCUT2D eigenvalue weighted by Gasteiger charge is -2.05. The zero-order chi connectivity index (χ0) is 13.9. The van der Waals surface area contributed by atoms with E-state index in [9.17, 15) is 0 Å². The van der Waals surface area contributed by atoms with Crippen molar-refractivity contribution >= 4 is 11.6 Å². The van der Waals surface area contributed by atoms with E-state index in [1.165, 1.54) is 0 Å². The lowest BCUT2D eigenvalue weighted by Crippen LogP contribution is -2.11. The predicted molar refractivity (Wildman–Crippen MR) is 77.2 cm³/mol. The maximum absolute atomic E-state index is 6.12. The molecular formula is C15H12ClN3O. The van der Waals surface area contributed by atoms with Gasteiger partial charge in [0.05, 0.1) is 5.02 Å². The molecule has 0 fully saturated rings. The van der Waals surface area contributed by atoms with Crippen LogP contribution in [0.15, 0.2) is 59.1 Å². The predicted octanol–water partition coefficient (Wildman–Crippen LogP) is 3.44. The van der Waals surface area contributed by atoms with E-state index in [0.29, 0.717) is 16.7 Å². The molecule has 0 aliphatic rings. The van der Waals surface area contributed by atoms with Crippen LogP contribution in [0.25, 0.3) is 11.4 Å². The number of halogens is 1. The second kappa shape index (κ2) is 5.45. The van der Waals surface area contributed by atoms with Crippen LogP contribution in [0, 0.1) is 0 Å². The van der Waals surface area contributed by atoms with Gasteiger partial charge in [-0.3, -0.25) is 0 Å². The minimum absolute atomic E-state index is 0.367. The van der Waals surface area contributed by atoms with Crippen LogP contribution in [0.4, 0.5) is 0 Å². The maximum Gasteiger partial charge on any atom is 0.248 e. The van der Waals surface area contributed by atoms with Crippen molar-refractivity contribution in [2.24, 2.45) is 5.73 Å². The minimum atomic E-state index is -0.445. The van der Waals surface area contributed by atoms with E-state index in [1.54, 1.807) is 6.07 Å². The van der Waals surface area contributed by atoms with E-state index in [-0.39, 0.29) is 0 Å². The molecule has 0 saturated heterocycles. The Balaban J connectivity index is 1.93. The van der Waals surface area contributed by atoms with E-state index in [1.807, 2.05) is 48.5 Å². The Hall–Kier alpha value is -2.17. The Labute approximate surface area is 121 Å². The second-order valence-electron chi connectivity index (χ2n) is 4.32. The van der Waals surface area contributed by atoms with Gasteiger partial charge in [-0.25, -0.2) is 0 Å². The Morgan fingerprint density at radius 3 is 2.45 bits per heavy atom. The van der Waals surface area contributed by atoms with Crippen molar-refractivity contribution in [3.63, 3.8) is 0 Å². The molecule has 5 heteroatoms. The molecule has 1 atom stereocenters. The van der Waals surface area contributed by atoms with Crippen LogP contribution >= 0.6 is 11.6 Å². The highest BCUT2D eigenvalue weighted by Gasteiger charge is 2.18. The van der Waals surface area contributed by atoms with Gasteiger partial charge in [-0.2, -0.15) is 4.98 Å². The van der Waals surface area contributed by atoms with Crippen LogP contribution in [-0.2, 0) is 0 Å². The van der Waals surface area contributed by atoms with Crippen LogP contribution in [0.3, 0.4) is 0 Å². The SMILES string of the molecule is NC(c1ccccc1)c1nc(-c2ccccc2Cl)no1. The fraction of sp³-hybridized carbons (Fsp3) is 0.0667. The quantitative estimate of drug-likeness (QED) is 0.800. The summed E-state index contributed by atoms with van der Waals surface area (Å²) in [6.07, 6.45) is 0. The molecule has 1 unspecified atom stereocenters. The maximum atomic E-state index is 6.12. The second-order valence-corrected chi connectivity index (χ2v) is 4.73. The lowest BCUT2D eigenvalue weighted by atomic mass is 10.1. The van der Waals surface area contributed by atoms with Gasteiger partial charge in [-0.05, 0) is 17.7 Å². The van der Waals surface area contributed by atoms with Crippen molar-refractivity contribution in [1.82, 2.24) is 10.1 Å². The molecular weight excluding hydrogens is 274 g/mol. The third kappa shape index (κ3) is 2.43. The monoisotopic (exact) mass is 285 g/mol. The molecule has 3 aromatic rings. The highest BCUT2D eigenvalue weighted by molar-refractivity contribution is 6.33. The molecule has 1 aromatic heterocycles. The summed E-state index contributed by atoms with van der Waals surface area (Å²) in [6, 6.07) is 16.5. The molecule has 0 amide bonds. The van der Waals surface area contributed by atoms with Crippen molar-refractivity contribution in [3.8, 4) is 11.4 Å². The van der Waals surface area contributed by atoms with E-state index in [0.717, 1.165) is 11.1 Å². The van der Waals surface area contributed by atoms with Crippen LogP contribution in [0.5, 0.6) is 0 Å². The molecule has 20 heavy (non-hydrogen) atoms. The normalized spacial score (nSPS) is 12.3. The Morgan fingerprint density at radius 2 is 1.70 bits per heavy atom. The molecule has 0 radical (unpaired) electrons. The van der Waals surface area contributed by atoms with Gasteiger partial charge >= 0.3 is 0 Å². The summed E-state index contributed by atoms with van der Waals surface area (Å²) in [7, 11) is 0. The van der Waals surface area contributed by atoms with Crippen molar-refractivity contribution in [2.45, 2.75) is 6.04 Å². The number of hydrogen-bond acceptors (Lipinski definition) is 4. The fourth-order valence-electron chi connectivity index (χ4n) is 1.92. The molecule has 100 valence electrons. The summed E-state index contributed by atoms with van der Waals surface area (Å²) in [4.78, 5) is 4.33. The standard InChI is InChI=1S/C15H12ClN3O/c16-12-9-5-4-8-11(12)14-18-15(20-19-14)13(17)10-6-2-1-3-7-10/h1-9,13H,17H2. The molecule has 0 aliphatic heterocycles. The molecule has 2 aromatic carbocycles. The van der Waals surface area contributed by atoms with Crippen molar-refractivity contribution in [1.29, 1.82) is 0 Å². The number of hydrogen-bond donors (Lipinski definition) is 1. The molecule has 0 saturated carbocycles. The van der Waals surface area contributed by atoms with Crippen molar-refractivity contribution in [2.75, 3.05) is 0 Å². The van der Waals surface area contributed by atoms with Crippen LogP contribution < -0.4 is 5.73 Å². The van der Waals surface area contributed by atoms with Gasteiger partial charge in [-0.15, -0.1) is 0 Å². The fourth-order valence-corrected chi connectivity index (χ4v) is 2.14. The first-order chi connectivity index (χ1) is 9.75. The van der Waals surface area contributed by atoms with Crippen molar-refractivity contribution < 1.29 is 4.52 Å². The third-order valence-electron chi connectivity index (χ3n) is 2.98. The number of nitrogens with two attached hydrogens (primary N) is 1. The highest BCUT2D eigenvalue weighted by atomic mass is 35.5. The van der Waals surface area contributed by atoms with Crippen molar-refractivity contribution in [3.05, 3.63) is 71.1 Å². The van der Waals surface area contributed by atoms with E-state index >= 15 is 0 Å². The summed E-state index contributed by atoms with van der Waals surface area (Å²) in [5.74, 6) is 0.808. The van der Waals surface area contributed by atoms with Crippen LogP contribution in [0.1, 0.15) is 17.5 Å². The first-order valence-electron chi connectivity index (χ1n) is 6.15. The zero-order valence-corrected chi connectivity index (χ0v) is 11.3. The van der Waals surface area contributed by atoms with Gasteiger partial charge in [0.2, 0.25) is 11.7 Å². The van der Waals surface area contributed by atoms with Gasteiger partial charge < -0.3 is 10.3 Å². The summed E-state index contributed by atoms with van der Waals surface area (Å²) in [5, 5.41) is 4.52. The van der Waals surface area contributed by atoms with Crippen LogP contribution in [-0.4, -0.2) is 10.1 Å². The average molecular weight is 286 g/mol. The molecule has 1 heterocycles. The Kier molecular flexibility index (Phi) is 3.50. The molecule has 3 rings (SSSR count). The first-order valence-corrected chi connectivity index (χ1v) is 6.52. The minimum Gasteiger partial charge on any atom is -0.337 e. The molecule has 0 aliphatic carbocycles. The van der Waals surface area contributed by atoms with Gasteiger partial charge in [0.1, 0.15) is 6.04 Å². The van der Waals surface area contributed by atoms with E-state index in [4.69, 9.17) is 21.9 Å². The summed E-state index contributed by atoms with van der Waals surface area (Å²) in [5.41, 5.74) is 7.76. The van der Waals surface area contributed by atoms with Gasteiger partial charge in [0.15, 0.2) is 0 Å². The lowest BCUT2D eigenvalue weighted by molar-refractivity contribution is 0.367. The smallest absolute Gasteiger partial charge is 0.248 e. The van der Waals surface area contributed by atoms with Gasteiger partial charge in [0, 0.05) is 5.56 Å². The first kappa shape index (κ1) is 12.8. The molecule has 0 bridgehead atoms. The Bertz CT molecular complexity index is 712. The number of benzene rings is 2. The topological polar surface area (TPSA) is 64.9 Å². The molecule has 0 spiro atoms. The number of aromatic nitrogens is 2. The molecule has 4 nitrogen and oxygen atoms in total. The average Bonchev–Trinajstić information content (AvgIpc) is 2.97. The summed E-state index contributed by atoms with van der Waals surface area (Å²) < 4.78 is 5.25. The largest absolute Gasteiger partial charge is 0.337 e. The number of nitrogens with zero attached hydrogens (tertiary/aromatic N) is 2. The molecule has 2 N–H and O–H groups in total. The van der Waals surface area contributed by atoms with Gasteiger partial charge in [0.25, 0.3) is 0 Å². The Morgan fingerprint density at radius 1 is 1.00 bits per heavy atom. The van der Waals surface area contributed by atoms with E-state index in [2.05, 4.69) is 10.1 Å².